The van der Waals surface area contributed by atoms with Crippen molar-refractivity contribution in [3.63, 3.8) is 0 Å². The first kappa shape index (κ1) is 14.1. The molecule has 1 fully saturated rings. The Labute approximate surface area is 136 Å². The number of amides is 1. The number of aromatic amines is 1. The van der Waals surface area contributed by atoms with Crippen molar-refractivity contribution in [3.8, 4) is 10.8 Å². The van der Waals surface area contributed by atoms with Gasteiger partial charge in [0.2, 0.25) is 0 Å². The fraction of sp³-hybridized carbons (Fsp3) is 0.357. The van der Waals surface area contributed by atoms with Gasteiger partial charge < -0.3 is 4.90 Å². The van der Waals surface area contributed by atoms with Gasteiger partial charge in [0.05, 0.1) is 12.2 Å². The van der Waals surface area contributed by atoms with Crippen LogP contribution in [0.3, 0.4) is 0 Å². The molecule has 0 spiro atoms. The number of aromatic nitrogens is 6. The second kappa shape index (κ2) is 5.58. The van der Waals surface area contributed by atoms with Crippen molar-refractivity contribution >= 4 is 17.2 Å². The number of nitrogens with zero attached hydrogens (tertiary/aromatic N) is 6. The molecule has 1 N–H and O–H groups in total. The molecule has 0 bridgehead atoms. The molecule has 4 rings (SSSR count). The Hall–Kier alpha value is -2.55. The molecular weight excluding hydrogens is 314 g/mol. The minimum absolute atomic E-state index is 0.0432. The Morgan fingerprint density at radius 3 is 3.13 bits per heavy atom. The molecule has 0 radical (unpaired) electrons. The van der Waals surface area contributed by atoms with Gasteiger partial charge in [0.25, 0.3) is 5.91 Å². The lowest BCUT2D eigenvalue weighted by Gasteiger charge is -2.22. The summed E-state index contributed by atoms with van der Waals surface area (Å²) in [4.78, 5) is 23.2. The van der Waals surface area contributed by atoms with Crippen molar-refractivity contribution in [1.29, 1.82) is 0 Å². The van der Waals surface area contributed by atoms with Crippen LogP contribution in [-0.2, 0) is 7.05 Å². The van der Waals surface area contributed by atoms with E-state index in [-0.39, 0.29) is 11.9 Å². The molecule has 0 aliphatic carbocycles. The van der Waals surface area contributed by atoms with Gasteiger partial charge in [-0.25, -0.2) is 9.97 Å². The smallest absolute Gasteiger partial charge is 0.273 e. The third-order valence-corrected chi connectivity index (χ3v) is 4.81. The summed E-state index contributed by atoms with van der Waals surface area (Å²) in [5, 5.41) is 13.2. The highest BCUT2D eigenvalue weighted by molar-refractivity contribution is 7.13. The lowest BCUT2D eigenvalue weighted by atomic mass is 10.1. The second-order valence-electron chi connectivity index (χ2n) is 5.48. The van der Waals surface area contributed by atoms with Crippen molar-refractivity contribution < 1.29 is 4.79 Å². The van der Waals surface area contributed by atoms with E-state index in [4.69, 9.17) is 0 Å². The van der Waals surface area contributed by atoms with E-state index in [0.29, 0.717) is 16.5 Å². The van der Waals surface area contributed by atoms with Crippen LogP contribution in [0, 0.1) is 0 Å². The average molecular weight is 329 g/mol. The van der Waals surface area contributed by atoms with E-state index in [9.17, 15) is 4.79 Å². The molecule has 0 unspecified atom stereocenters. The normalized spacial score (nSPS) is 17.8. The molecule has 4 heterocycles. The molecule has 1 saturated heterocycles. The largest absolute Gasteiger partial charge is 0.330 e. The summed E-state index contributed by atoms with van der Waals surface area (Å²) in [5.74, 6) is 0.539. The van der Waals surface area contributed by atoms with Crippen LogP contribution < -0.4 is 0 Å². The average Bonchev–Trinajstić information content (AvgIpc) is 3.31. The van der Waals surface area contributed by atoms with Crippen LogP contribution in [0.25, 0.3) is 10.8 Å². The zero-order chi connectivity index (χ0) is 15.8. The predicted molar refractivity (Wildman–Crippen MR) is 83.7 cm³/mol. The van der Waals surface area contributed by atoms with Crippen LogP contribution in [0.1, 0.15) is 34.9 Å². The monoisotopic (exact) mass is 329 g/mol. The van der Waals surface area contributed by atoms with E-state index in [1.165, 1.54) is 17.7 Å². The van der Waals surface area contributed by atoms with Gasteiger partial charge in [-0.15, -0.1) is 11.3 Å². The van der Waals surface area contributed by atoms with Gasteiger partial charge in [-0.2, -0.15) is 10.2 Å². The molecule has 1 aliphatic rings. The van der Waals surface area contributed by atoms with Gasteiger partial charge in [-0.1, -0.05) is 0 Å². The number of nitrogens with one attached hydrogen (secondary N) is 1. The van der Waals surface area contributed by atoms with Crippen LogP contribution >= 0.6 is 11.3 Å². The molecule has 0 saturated carbocycles. The van der Waals surface area contributed by atoms with Gasteiger partial charge in [-0.05, 0) is 12.8 Å². The Morgan fingerprint density at radius 1 is 1.48 bits per heavy atom. The summed E-state index contributed by atoms with van der Waals surface area (Å²) in [7, 11) is 1.88. The van der Waals surface area contributed by atoms with Crippen molar-refractivity contribution in [2.45, 2.75) is 18.9 Å². The molecule has 1 atom stereocenters. The number of carbonyl (C=O) groups excluding carboxylic acids is 1. The van der Waals surface area contributed by atoms with Gasteiger partial charge >= 0.3 is 0 Å². The minimum Gasteiger partial charge on any atom is -0.330 e. The highest BCUT2D eigenvalue weighted by Crippen LogP contribution is 2.33. The highest BCUT2D eigenvalue weighted by Gasteiger charge is 2.32. The first-order chi connectivity index (χ1) is 11.2. The molecule has 9 heteroatoms. The topological polar surface area (TPSA) is 92.6 Å². The van der Waals surface area contributed by atoms with Gasteiger partial charge in [0.15, 0.2) is 10.8 Å². The van der Waals surface area contributed by atoms with Crippen molar-refractivity contribution in [2.24, 2.45) is 7.05 Å². The van der Waals surface area contributed by atoms with E-state index in [2.05, 4.69) is 25.3 Å². The number of carbonyl (C=O) groups is 1. The Balaban J connectivity index is 1.58. The third-order valence-electron chi connectivity index (χ3n) is 3.96. The molecule has 1 aliphatic heterocycles. The quantitative estimate of drug-likeness (QED) is 0.788. The second-order valence-corrected chi connectivity index (χ2v) is 6.33. The molecule has 118 valence electrons. The Morgan fingerprint density at radius 2 is 2.39 bits per heavy atom. The van der Waals surface area contributed by atoms with Gasteiger partial charge in [-0.3, -0.25) is 14.6 Å². The Kier molecular flexibility index (Phi) is 3.41. The standard InChI is InChI=1S/C14H15N7OS/c1-20-6-9(5-17-20)11-3-2-4-21(11)14(22)10-7-23-13(18-10)12-15-8-16-19-12/h5-8,11H,2-4H2,1H3,(H,15,16,19)/t11-/m0/s1. The molecular formula is C14H15N7OS. The lowest BCUT2D eigenvalue weighted by Crippen LogP contribution is -2.30. The molecule has 0 aromatic carbocycles. The molecule has 8 nitrogen and oxygen atoms in total. The van der Waals surface area contributed by atoms with Crippen LogP contribution in [0.5, 0.6) is 0 Å². The van der Waals surface area contributed by atoms with E-state index in [0.717, 1.165) is 24.9 Å². The number of thiazole rings is 1. The first-order valence-electron chi connectivity index (χ1n) is 7.33. The van der Waals surface area contributed by atoms with Crippen LogP contribution in [0.2, 0.25) is 0 Å². The summed E-state index contributed by atoms with van der Waals surface area (Å²) in [6.07, 6.45) is 7.17. The van der Waals surface area contributed by atoms with Crippen molar-refractivity contribution in [2.75, 3.05) is 6.54 Å². The van der Waals surface area contributed by atoms with Crippen molar-refractivity contribution in [3.05, 3.63) is 35.4 Å². The maximum atomic E-state index is 12.8. The summed E-state index contributed by atoms with van der Waals surface area (Å²) in [5.41, 5.74) is 1.53. The molecule has 3 aromatic rings. The fourth-order valence-electron chi connectivity index (χ4n) is 2.90. The number of hydrogen-bond acceptors (Lipinski definition) is 6. The number of likely N-dealkylation sites (tertiary alicyclic amines) is 1. The molecule has 23 heavy (non-hydrogen) atoms. The van der Waals surface area contributed by atoms with E-state index in [1.54, 1.807) is 10.1 Å². The van der Waals surface area contributed by atoms with Crippen LogP contribution in [0.15, 0.2) is 24.1 Å². The maximum absolute atomic E-state index is 12.8. The summed E-state index contributed by atoms with van der Waals surface area (Å²) in [6.45, 7) is 0.744. The first-order valence-corrected chi connectivity index (χ1v) is 8.21. The number of hydrogen-bond donors (Lipinski definition) is 1. The van der Waals surface area contributed by atoms with E-state index in [1.807, 2.05) is 24.3 Å². The summed E-state index contributed by atoms with van der Waals surface area (Å²) in [6, 6.07) is 0.0756. The minimum atomic E-state index is -0.0432. The van der Waals surface area contributed by atoms with Crippen LogP contribution in [0.4, 0.5) is 0 Å². The SMILES string of the molecule is Cn1cc([C@@H]2CCCN2C(=O)c2csc(-c3ncn[nH]3)n2)cn1. The zero-order valence-corrected chi connectivity index (χ0v) is 13.3. The molecule has 3 aromatic heterocycles. The summed E-state index contributed by atoms with van der Waals surface area (Å²) >= 11 is 1.39. The predicted octanol–water partition coefficient (Wildman–Crippen LogP) is 1.64. The number of H-pyrrole nitrogens is 1. The van der Waals surface area contributed by atoms with Crippen LogP contribution in [-0.4, -0.2) is 47.3 Å². The summed E-state index contributed by atoms with van der Waals surface area (Å²) < 4.78 is 1.77. The van der Waals surface area contributed by atoms with E-state index < -0.39 is 0 Å². The molecule has 1 amide bonds. The fourth-order valence-corrected chi connectivity index (χ4v) is 3.64. The zero-order valence-electron chi connectivity index (χ0n) is 12.5. The lowest BCUT2D eigenvalue weighted by molar-refractivity contribution is 0.0730. The van der Waals surface area contributed by atoms with Crippen molar-refractivity contribution in [1.82, 2.24) is 34.8 Å². The van der Waals surface area contributed by atoms with Gasteiger partial charge in [0.1, 0.15) is 12.0 Å². The Bertz CT molecular complexity index is 822. The van der Waals surface area contributed by atoms with Gasteiger partial charge in [0, 0.05) is 30.7 Å². The number of rotatable bonds is 3. The third kappa shape index (κ3) is 2.52. The maximum Gasteiger partial charge on any atom is 0.273 e. The van der Waals surface area contributed by atoms with E-state index >= 15 is 0 Å². The number of aryl methyl sites for hydroxylation is 1. The highest BCUT2D eigenvalue weighted by atomic mass is 32.1.